The van der Waals surface area contributed by atoms with Crippen molar-refractivity contribution in [3.8, 4) is 0 Å². The Morgan fingerprint density at radius 3 is 2.67 bits per heavy atom. The van der Waals surface area contributed by atoms with Crippen molar-refractivity contribution in [3.05, 3.63) is 76.1 Å². The number of carbonyl (C=O) groups excluding carboxylic acids is 2. The molecule has 0 bridgehead atoms. The molecule has 3 rings (SSSR count). The summed E-state index contributed by atoms with van der Waals surface area (Å²) in [5, 5.41) is 13.4. The molecule has 7 nitrogen and oxygen atoms in total. The lowest BCUT2D eigenvalue weighted by Crippen LogP contribution is -2.36. The Hall–Kier alpha value is -3.55. The molecule has 2 aromatic rings. The smallest absolute Gasteiger partial charge is 0.269 e. The van der Waals surface area contributed by atoms with E-state index in [1.54, 1.807) is 6.07 Å². The van der Waals surface area contributed by atoms with Crippen molar-refractivity contribution in [1.82, 2.24) is 5.32 Å². The molecule has 1 saturated heterocycles. The van der Waals surface area contributed by atoms with Crippen LogP contribution in [0, 0.1) is 15.9 Å². The van der Waals surface area contributed by atoms with Crippen molar-refractivity contribution in [2.45, 2.75) is 12.5 Å². The van der Waals surface area contributed by atoms with Crippen LogP contribution in [0.15, 0.2) is 54.6 Å². The number of hydrogen-bond donors (Lipinski definition) is 1. The van der Waals surface area contributed by atoms with Gasteiger partial charge in [0.05, 0.1) is 11.0 Å². The van der Waals surface area contributed by atoms with Crippen molar-refractivity contribution in [2.75, 3.05) is 11.4 Å². The first-order valence-corrected chi connectivity index (χ1v) is 8.21. The summed E-state index contributed by atoms with van der Waals surface area (Å²) in [6.45, 7) is 0.263. The standard InChI is InChI=1S/C19H16FN3O4/c20-14-2-1-3-17(10-14)22-12-15(11-19(22)25)21-18(24)9-6-13-4-7-16(8-5-13)23(26)27/h1-10,15H,11-12H2,(H,21,24)/b9-6-/t15-/m1/s1. The molecule has 0 radical (unpaired) electrons. The van der Waals surface area contributed by atoms with Crippen LogP contribution in [-0.4, -0.2) is 29.3 Å². The van der Waals surface area contributed by atoms with E-state index in [1.807, 2.05) is 0 Å². The fourth-order valence-electron chi connectivity index (χ4n) is 2.83. The van der Waals surface area contributed by atoms with Gasteiger partial charge in [-0.1, -0.05) is 6.07 Å². The molecule has 0 unspecified atom stereocenters. The highest BCUT2D eigenvalue weighted by atomic mass is 19.1. The van der Waals surface area contributed by atoms with Gasteiger partial charge in [0.2, 0.25) is 11.8 Å². The third-order valence-electron chi connectivity index (χ3n) is 4.12. The molecule has 1 N–H and O–H groups in total. The second-order valence-corrected chi connectivity index (χ2v) is 6.08. The lowest BCUT2D eigenvalue weighted by atomic mass is 10.2. The number of amides is 2. The van der Waals surface area contributed by atoms with Gasteiger partial charge >= 0.3 is 0 Å². The number of non-ortho nitro benzene ring substituents is 1. The van der Waals surface area contributed by atoms with Crippen molar-refractivity contribution < 1.29 is 18.9 Å². The van der Waals surface area contributed by atoms with E-state index in [1.165, 1.54) is 59.5 Å². The fourth-order valence-corrected chi connectivity index (χ4v) is 2.83. The predicted molar refractivity (Wildman–Crippen MR) is 97.4 cm³/mol. The molecular weight excluding hydrogens is 353 g/mol. The third-order valence-corrected chi connectivity index (χ3v) is 4.12. The zero-order valence-electron chi connectivity index (χ0n) is 14.2. The molecule has 27 heavy (non-hydrogen) atoms. The van der Waals surface area contributed by atoms with Gasteiger partial charge in [-0.15, -0.1) is 0 Å². The molecule has 1 aliphatic heterocycles. The van der Waals surface area contributed by atoms with Gasteiger partial charge in [0.1, 0.15) is 5.82 Å². The van der Waals surface area contributed by atoms with Crippen LogP contribution < -0.4 is 10.2 Å². The highest BCUT2D eigenvalue weighted by molar-refractivity contribution is 5.98. The van der Waals surface area contributed by atoms with Crippen LogP contribution in [-0.2, 0) is 9.59 Å². The van der Waals surface area contributed by atoms with Gasteiger partial charge in [-0.2, -0.15) is 0 Å². The first kappa shape index (κ1) is 18.2. The van der Waals surface area contributed by atoms with Gasteiger partial charge < -0.3 is 10.2 Å². The highest BCUT2D eigenvalue weighted by Crippen LogP contribution is 2.22. The van der Waals surface area contributed by atoms with Gasteiger partial charge in [-0.05, 0) is 42.0 Å². The number of nitro benzene ring substituents is 1. The molecule has 0 saturated carbocycles. The Labute approximate surface area is 154 Å². The van der Waals surface area contributed by atoms with E-state index in [0.717, 1.165) is 0 Å². The largest absolute Gasteiger partial charge is 0.347 e. The molecule has 1 aliphatic rings. The second-order valence-electron chi connectivity index (χ2n) is 6.08. The number of carbonyl (C=O) groups is 2. The van der Waals surface area contributed by atoms with Gasteiger partial charge in [0, 0.05) is 36.9 Å². The molecule has 0 spiro atoms. The van der Waals surface area contributed by atoms with Crippen LogP contribution in [0.25, 0.3) is 6.08 Å². The Bertz CT molecular complexity index is 911. The van der Waals surface area contributed by atoms with Gasteiger partial charge in [-0.25, -0.2) is 4.39 Å². The number of nitrogens with one attached hydrogen (secondary N) is 1. The second kappa shape index (κ2) is 7.77. The van der Waals surface area contributed by atoms with E-state index >= 15 is 0 Å². The SMILES string of the molecule is O=C(/C=C\c1ccc([N+](=O)[O-])cc1)N[C@@H]1CC(=O)N(c2cccc(F)c2)C1. The molecule has 1 heterocycles. The van der Waals surface area contributed by atoms with Gasteiger partial charge in [0.15, 0.2) is 0 Å². The number of hydrogen-bond acceptors (Lipinski definition) is 4. The summed E-state index contributed by atoms with van der Waals surface area (Å²) < 4.78 is 13.3. The minimum atomic E-state index is -0.498. The minimum Gasteiger partial charge on any atom is -0.347 e. The van der Waals surface area contributed by atoms with Gasteiger partial charge in [-0.3, -0.25) is 19.7 Å². The van der Waals surface area contributed by atoms with E-state index in [9.17, 15) is 24.1 Å². The van der Waals surface area contributed by atoms with E-state index in [-0.39, 0.29) is 36.5 Å². The van der Waals surface area contributed by atoms with Crippen LogP contribution in [0.3, 0.4) is 0 Å². The Morgan fingerprint density at radius 1 is 1.26 bits per heavy atom. The number of nitrogens with zero attached hydrogens (tertiary/aromatic N) is 2. The molecule has 0 aliphatic carbocycles. The summed E-state index contributed by atoms with van der Waals surface area (Å²) in [7, 11) is 0. The number of benzene rings is 2. The normalized spacial score (nSPS) is 16.7. The topological polar surface area (TPSA) is 92.5 Å². The van der Waals surface area contributed by atoms with Crippen molar-refractivity contribution in [3.63, 3.8) is 0 Å². The minimum absolute atomic E-state index is 0.0292. The Morgan fingerprint density at radius 2 is 2.00 bits per heavy atom. The quantitative estimate of drug-likeness (QED) is 0.498. The number of anilines is 1. The Balaban J connectivity index is 1.58. The maximum absolute atomic E-state index is 13.3. The van der Waals surface area contributed by atoms with Crippen LogP contribution in [0.4, 0.5) is 15.8 Å². The molecule has 1 atom stereocenters. The van der Waals surface area contributed by atoms with E-state index in [0.29, 0.717) is 11.3 Å². The van der Waals surface area contributed by atoms with E-state index in [2.05, 4.69) is 5.32 Å². The third kappa shape index (κ3) is 4.55. The number of rotatable bonds is 5. The van der Waals surface area contributed by atoms with Crippen molar-refractivity contribution >= 4 is 29.3 Å². The maximum Gasteiger partial charge on any atom is 0.269 e. The average Bonchev–Trinajstić information content (AvgIpc) is 3.00. The van der Waals surface area contributed by atoms with Crippen molar-refractivity contribution in [2.24, 2.45) is 0 Å². The molecule has 8 heteroatoms. The number of halogens is 1. The average molecular weight is 369 g/mol. The first-order chi connectivity index (χ1) is 12.9. The van der Waals surface area contributed by atoms with Crippen LogP contribution in [0.2, 0.25) is 0 Å². The van der Waals surface area contributed by atoms with E-state index in [4.69, 9.17) is 0 Å². The highest BCUT2D eigenvalue weighted by Gasteiger charge is 2.31. The zero-order valence-corrected chi connectivity index (χ0v) is 14.2. The molecule has 138 valence electrons. The lowest BCUT2D eigenvalue weighted by Gasteiger charge is -2.17. The van der Waals surface area contributed by atoms with Crippen molar-refractivity contribution in [1.29, 1.82) is 0 Å². The molecule has 1 fully saturated rings. The zero-order chi connectivity index (χ0) is 19.4. The molecule has 2 amide bonds. The summed E-state index contributed by atoms with van der Waals surface area (Å²) in [6, 6.07) is 11.1. The molecule has 0 aromatic heterocycles. The fraction of sp³-hybridized carbons (Fsp3) is 0.158. The Kier molecular flexibility index (Phi) is 5.25. The van der Waals surface area contributed by atoms with Gasteiger partial charge in [0.25, 0.3) is 5.69 Å². The number of nitro groups is 1. The molecular formula is C19H16FN3O4. The summed E-state index contributed by atoms with van der Waals surface area (Å²) in [6.07, 6.45) is 2.96. The van der Waals surface area contributed by atoms with Crippen LogP contribution in [0.1, 0.15) is 12.0 Å². The maximum atomic E-state index is 13.3. The predicted octanol–water partition coefficient (Wildman–Crippen LogP) is 2.67. The summed E-state index contributed by atoms with van der Waals surface area (Å²) in [5.74, 6) is -1.00. The summed E-state index contributed by atoms with van der Waals surface area (Å²) in [4.78, 5) is 35.7. The monoisotopic (exact) mass is 369 g/mol. The first-order valence-electron chi connectivity index (χ1n) is 8.21. The van der Waals surface area contributed by atoms with Crippen LogP contribution >= 0.6 is 0 Å². The molecule has 2 aromatic carbocycles. The van der Waals surface area contributed by atoms with Crippen LogP contribution in [0.5, 0.6) is 0 Å². The van der Waals surface area contributed by atoms with E-state index < -0.39 is 10.7 Å². The lowest BCUT2D eigenvalue weighted by molar-refractivity contribution is -0.384. The summed E-state index contributed by atoms with van der Waals surface area (Å²) in [5.41, 5.74) is 1.07. The summed E-state index contributed by atoms with van der Waals surface area (Å²) >= 11 is 0.